The molecule has 0 radical (unpaired) electrons. The quantitative estimate of drug-likeness (QED) is 0.655. The largest absolute Gasteiger partial charge is 0.396 e. The van der Waals surface area contributed by atoms with Gasteiger partial charge in [-0.05, 0) is 12.5 Å². The third-order valence-corrected chi connectivity index (χ3v) is 3.97. The molecule has 92 valence electrons. The number of aliphatic hydroxyl groups is 1. The molecule has 0 heterocycles. The standard InChI is InChI=1S/C11H13BrN2O3/c12-7-1-2-8(10(3-7)14(16)17)9-4-11(9,5-13)6-15/h1-3,9,15H,4-6,13H2. The van der Waals surface area contributed by atoms with Crippen molar-refractivity contribution in [3.63, 3.8) is 0 Å². The lowest BCUT2D eigenvalue weighted by Gasteiger charge is -2.11. The van der Waals surface area contributed by atoms with Crippen molar-refractivity contribution >= 4 is 21.6 Å². The Morgan fingerprint density at radius 1 is 1.65 bits per heavy atom. The van der Waals surface area contributed by atoms with Gasteiger partial charge in [-0.15, -0.1) is 0 Å². The Labute approximate surface area is 107 Å². The van der Waals surface area contributed by atoms with E-state index in [2.05, 4.69) is 15.9 Å². The van der Waals surface area contributed by atoms with Gasteiger partial charge in [-0.3, -0.25) is 10.1 Å². The highest BCUT2D eigenvalue weighted by atomic mass is 79.9. The summed E-state index contributed by atoms with van der Waals surface area (Å²) in [5.74, 6) is -0.00833. The van der Waals surface area contributed by atoms with E-state index >= 15 is 0 Å². The normalized spacial score (nSPS) is 26.9. The van der Waals surface area contributed by atoms with E-state index in [0.29, 0.717) is 23.0 Å². The van der Waals surface area contributed by atoms with Crippen LogP contribution in [0.25, 0.3) is 0 Å². The molecule has 0 aromatic heterocycles. The number of nitrogens with zero attached hydrogens (tertiary/aromatic N) is 1. The Morgan fingerprint density at radius 3 is 2.82 bits per heavy atom. The highest BCUT2D eigenvalue weighted by molar-refractivity contribution is 9.10. The van der Waals surface area contributed by atoms with E-state index in [1.807, 2.05) is 0 Å². The van der Waals surface area contributed by atoms with Crippen LogP contribution in [0.4, 0.5) is 5.69 Å². The number of hydrogen-bond donors (Lipinski definition) is 2. The number of nitro benzene ring substituents is 1. The molecule has 1 aromatic rings. The van der Waals surface area contributed by atoms with Crippen LogP contribution in [0.2, 0.25) is 0 Å². The Balaban J connectivity index is 2.38. The molecule has 0 aliphatic heterocycles. The second kappa shape index (κ2) is 4.36. The minimum absolute atomic E-state index is 0.00833. The minimum Gasteiger partial charge on any atom is -0.396 e. The SMILES string of the molecule is NCC1(CO)CC1c1ccc(Br)cc1[N+](=O)[O-]. The van der Waals surface area contributed by atoms with Gasteiger partial charge in [0.25, 0.3) is 5.69 Å². The van der Waals surface area contributed by atoms with Crippen molar-refractivity contribution in [2.24, 2.45) is 11.1 Å². The van der Waals surface area contributed by atoms with Crippen LogP contribution in [0.3, 0.4) is 0 Å². The third kappa shape index (κ3) is 2.08. The molecule has 17 heavy (non-hydrogen) atoms. The smallest absolute Gasteiger partial charge is 0.274 e. The molecule has 2 atom stereocenters. The molecule has 2 rings (SSSR count). The molecule has 2 unspecified atom stereocenters. The second-order valence-corrected chi connectivity index (χ2v) is 5.36. The fourth-order valence-corrected chi connectivity index (χ4v) is 2.57. The van der Waals surface area contributed by atoms with Gasteiger partial charge < -0.3 is 10.8 Å². The molecule has 1 aliphatic rings. The zero-order chi connectivity index (χ0) is 12.6. The molecular formula is C11H13BrN2O3. The summed E-state index contributed by atoms with van der Waals surface area (Å²) in [6, 6.07) is 5.01. The molecule has 5 nitrogen and oxygen atoms in total. The van der Waals surface area contributed by atoms with Crippen LogP contribution >= 0.6 is 15.9 Å². The first kappa shape index (κ1) is 12.5. The molecule has 1 saturated carbocycles. The van der Waals surface area contributed by atoms with E-state index in [9.17, 15) is 15.2 Å². The van der Waals surface area contributed by atoms with Crippen LogP contribution in [-0.2, 0) is 0 Å². The number of aliphatic hydroxyl groups excluding tert-OH is 1. The maximum absolute atomic E-state index is 11.0. The van der Waals surface area contributed by atoms with E-state index in [4.69, 9.17) is 5.73 Å². The van der Waals surface area contributed by atoms with Crippen molar-refractivity contribution in [1.82, 2.24) is 0 Å². The lowest BCUT2D eigenvalue weighted by atomic mass is 9.99. The summed E-state index contributed by atoms with van der Waals surface area (Å²) >= 11 is 3.22. The molecule has 1 aromatic carbocycles. The third-order valence-electron chi connectivity index (χ3n) is 3.48. The van der Waals surface area contributed by atoms with Crippen molar-refractivity contribution in [2.45, 2.75) is 12.3 Å². The van der Waals surface area contributed by atoms with E-state index in [-0.39, 0.29) is 23.6 Å². The summed E-state index contributed by atoms with van der Waals surface area (Å²) in [7, 11) is 0. The summed E-state index contributed by atoms with van der Waals surface area (Å²) in [6.07, 6.45) is 0.711. The molecule has 0 amide bonds. The fourth-order valence-electron chi connectivity index (χ4n) is 2.22. The maximum atomic E-state index is 11.0. The summed E-state index contributed by atoms with van der Waals surface area (Å²) in [5, 5.41) is 20.3. The monoisotopic (exact) mass is 300 g/mol. The average Bonchev–Trinajstić information content (AvgIpc) is 3.04. The Bertz CT molecular complexity index is 460. The lowest BCUT2D eigenvalue weighted by molar-refractivity contribution is -0.385. The number of halogens is 1. The van der Waals surface area contributed by atoms with Gasteiger partial charge in [-0.2, -0.15) is 0 Å². The Kier molecular flexibility index (Phi) is 3.20. The van der Waals surface area contributed by atoms with Gasteiger partial charge >= 0.3 is 0 Å². The van der Waals surface area contributed by atoms with Crippen LogP contribution in [0.1, 0.15) is 17.9 Å². The molecule has 0 bridgehead atoms. The zero-order valence-corrected chi connectivity index (χ0v) is 10.7. The van der Waals surface area contributed by atoms with E-state index < -0.39 is 4.92 Å². The second-order valence-electron chi connectivity index (χ2n) is 4.44. The molecular weight excluding hydrogens is 288 g/mol. The lowest BCUT2D eigenvalue weighted by Crippen LogP contribution is -2.21. The molecule has 6 heteroatoms. The maximum Gasteiger partial charge on any atom is 0.274 e. The van der Waals surface area contributed by atoms with Crippen LogP contribution < -0.4 is 5.73 Å². The zero-order valence-electron chi connectivity index (χ0n) is 9.10. The van der Waals surface area contributed by atoms with E-state index in [1.54, 1.807) is 12.1 Å². The van der Waals surface area contributed by atoms with Crippen molar-refractivity contribution in [3.05, 3.63) is 38.3 Å². The molecule has 0 saturated heterocycles. The first-order chi connectivity index (χ1) is 8.04. The highest BCUT2D eigenvalue weighted by Gasteiger charge is 2.55. The van der Waals surface area contributed by atoms with Crippen molar-refractivity contribution in [1.29, 1.82) is 0 Å². The molecule has 1 fully saturated rings. The van der Waals surface area contributed by atoms with E-state index in [1.165, 1.54) is 6.07 Å². The first-order valence-corrected chi connectivity index (χ1v) is 6.08. The Hall–Kier alpha value is -0.980. The number of nitro groups is 1. The topological polar surface area (TPSA) is 89.4 Å². The Morgan fingerprint density at radius 2 is 2.35 bits per heavy atom. The summed E-state index contributed by atoms with van der Waals surface area (Å²) < 4.78 is 0.677. The van der Waals surface area contributed by atoms with Crippen LogP contribution in [0.5, 0.6) is 0 Å². The van der Waals surface area contributed by atoms with E-state index in [0.717, 1.165) is 0 Å². The summed E-state index contributed by atoms with van der Waals surface area (Å²) in [5.41, 5.74) is 6.02. The van der Waals surface area contributed by atoms with Gasteiger partial charge in [0.05, 0.1) is 11.5 Å². The summed E-state index contributed by atoms with van der Waals surface area (Å²) in [6.45, 7) is 0.322. The van der Waals surface area contributed by atoms with Gasteiger partial charge in [0.15, 0.2) is 0 Å². The number of nitrogens with two attached hydrogens (primary N) is 1. The van der Waals surface area contributed by atoms with Crippen molar-refractivity contribution in [3.8, 4) is 0 Å². The van der Waals surface area contributed by atoms with Gasteiger partial charge in [0.2, 0.25) is 0 Å². The van der Waals surface area contributed by atoms with Crippen LogP contribution in [-0.4, -0.2) is 23.2 Å². The predicted octanol–water partition coefficient (Wildman–Crippen LogP) is 1.78. The van der Waals surface area contributed by atoms with Gasteiger partial charge in [0.1, 0.15) is 0 Å². The highest BCUT2D eigenvalue weighted by Crippen LogP contribution is 2.60. The van der Waals surface area contributed by atoms with Gasteiger partial charge in [-0.25, -0.2) is 0 Å². The number of hydrogen-bond acceptors (Lipinski definition) is 4. The van der Waals surface area contributed by atoms with Crippen LogP contribution in [0, 0.1) is 15.5 Å². The minimum atomic E-state index is -0.392. The fraction of sp³-hybridized carbons (Fsp3) is 0.455. The number of rotatable bonds is 4. The van der Waals surface area contributed by atoms with Crippen molar-refractivity contribution in [2.75, 3.05) is 13.2 Å². The number of benzene rings is 1. The molecule has 3 N–H and O–H groups in total. The summed E-state index contributed by atoms with van der Waals surface area (Å²) in [4.78, 5) is 10.6. The average molecular weight is 301 g/mol. The van der Waals surface area contributed by atoms with Gasteiger partial charge in [0, 0.05) is 34.0 Å². The van der Waals surface area contributed by atoms with Crippen LogP contribution in [0.15, 0.2) is 22.7 Å². The predicted molar refractivity (Wildman–Crippen MR) is 66.7 cm³/mol. The molecule has 1 aliphatic carbocycles. The first-order valence-electron chi connectivity index (χ1n) is 5.29. The molecule has 0 spiro atoms. The van der Waals surface area contributed by atoms with Crippen molar-refractivity contribution < 1.29 is 10.0 Å². The van der Waals surface area contributed by atoms with Gasteiger partial charge in [-0.1, -0.05) is 22.0 Å².